The van der Waals surface area contributed by atoms with Gasteiger partial charge in [0.25, 0.3) is 6.01 Å². The summed E-state index contributed by atoms with van der Waals surface area (Å²) >= 11 is 0. The van der Waals surface area contributed by atoms with Crippen molar-refractivity contribution in [3.8, 4) is 6.01 Å². The van der Waals surface area contributed by atoms with Gasteiger partial charge in [-0.3, -0.25) is 4.57 Å². The van der Waals surface area contributed by atoms with Gasteiger partial charge in [-0.2, -0.15) is 4.98 Å². The Morgan fingerprint density at radius 3 is 2.88 bits per heavy atom. The minimum atomic E-state index is 0.541. The molecule has 0 aliphatic heterocycles. The molecule has 0 atom stereocenters. The lowest BCUT2D eigenvalue weighted by molar-refractivity contribution is 0.359. The van der Waals surface area contributed by atoms with Crippen molar-refractivity contribution in [2.45, 2.75) is 26.4 Å². The molecule has 4 nitrogen and oxygen atoms in total. The summed E-state index contributed by atoms with van der Waals surface area (Å²) in [6, 6.07) is 6.79. The molecule has 0 saturated heterocycles. The molecule has 2 aromatic rings. The summed E-state index contributed by atoms with van der Waals surface area (Å²) in [6.07, 6.45) is 1.06. The molecule has 0 unspecified atom stereocenters. The van der Waals surface area contributed by atoms with Crippen LogP contribution in [0.4, 0.5) is 0 Å². The Kier molecular flexibility index (Phi) is 3.10. The Labute approximate surface area is 95.0 Å². The van der Waals surface area contributed by atoms with E-state index in [1.54, 1.807) is 7.11 Å². The quantitative estimate of drug-likeness (QED) is 0.854. The Morgan fingerprint density at radius 2 is 2.25 bits per heavy atom. The molecule has 0 fully saturated rings. The molecule has 0 aliphatic rings. The van der Waals surface area contributed by atoms with Crippen LogP contribution in [0.1, 0.15) is 18.9 Å². The standard InChI is InChI=1S/C12H17N3O/c1-3-6-15-11-5-4-9(8-13)7-10(11)14-12(15)16-2/h4-5,7H,3,6,8,13H2,1-2H3. The number of ether oxygens (including phenoxy) is 1. The summed E-state index contributed by atoms with van der Waals surface area (Å²) in [5, 5.41) is 0. The number of nitrogens with two attached hydrogens (primary N) is 1. The van der Waals surface area contributed by atoms with Gasteiger partial charge in [-0.15, -0.1) is 0 Å². The third-order valence-corrected chi connectivity index (χ3v) is 2.64. The Morgan fingerprint density at radius 1 is 1.44 bits per heavy atom. The molecular formula is C12H17N3O. The first-order valence-electron chi connectivity index (χ1n) is 5.53. The van der Waals surface area contributed by atoms with Gasteiger partial charge in [-0.1, -0.05) is 13.0 Å². The van der Waals surface area contributed by atoms with Crippen molar-refractivity contribution < 1.29 is 4.74 Å². The van der Waals surface area contributed by atoms with Gasteiger partial charge in [0.1, 0.15) is 0 Å². The fraction of sp³-hybridized carbons (Fsp3) is 0.417. The zero-order valence-corrected chi connectivity index (χ0v) is 9.73. The molecule has 2 N–H and O–H groups in total. The fourth-order valence-electron chi connectivity index (χ4n) is 1.88. The van der Waals surface area contributed by atoms with Crippen LogP contribution >= 0.6 is 0 Å². The largest absolute Gasteiger partial charge is 0.468 e. The van der Waals surface area contributed by atoms with Crippen LogP contribution < -0.4 is 10.5 Å². The molecule has 0 spiro atoms. The van der Waals surface area contributed by atoms with Crippen LogP contribution in [0.25, 0.3) is 11.0 Å². The van der Waals surface area contributed by atoms with Crippen molar-refractivity contribution in [1.29, 1.82) is 0 Å². The van der Waals surface area contributed by atoms with E-state index in [-0.39, 0.29) is 0 Å². The van der Waals surface area contributed by atoms with Gasteiger partial charge in [-0.05, 0) is 24.1 Å². The van der Waals surface area contributed by atoms with E-state index in [1.807, 2.05) is 12.1 Å². The zero-order chi connectivity index (χ0) is 11.5. The molecule has 0 saturated carbocycles. The lowest BCUT2D eigenvalue weighted by Crippen LogP contribution is -2.00. The highest BCUT2D eigenvalue weighted by molar-refractivity contribution is 5.77. The fourth-order valence-corrected chi connectivity index (χ4v) is 1.88. The summed E-state index contributed by atoms with van der Waals surface area (Å²) < 4.78 is 7.37. The number of nitrogens with zero attached hydrogens (tertiary/aromatic N) is 2. The van der Waals surface area contributed by atoms with Gasteiger partial charge in [0.05, 0.1) is 18.1 Å². The van der Waals surface area contributed by atoms with E-state index in [2.05, 4.69) is 22.5 Å². The van der Waals surface area contributed by atoms with E-state index < -0.39 is 0 Å². The van der Waals surface area contributed by atoms with Gasteiger partial charge in [0.15, 0.2) is 0 Å². The number of hydrogen-bond donors (Lipinski definition) is 1. The average molecular weight is 219 g/mol. The van der Waals surface area contributed by atoms with E-state index in [0.717, 1.165) is 29.6 Å². The molecule has 0 bridgehead atoms. The summed E-state index contributed by atoms with van der Waals surface area (Å²) in [5.74, 6) is 0. The molecule has 2 rings (SSSR count). The molecule has 0 amide bonds. The molecular weight excluding hydrogens is 202 g/mol. The maximum atomic E-state index is 5.61. The third-order valence-electron chi connectivity index (χ3n) is 2.64. The number of imidazole rings is 1. The van der Waals surface area contributed by atoms with E-state index in [9.17, 15) is 0 Å². The van der Waals surface area contributed by atoms with Crippen LogP contribution in [0.15, 0.2) is 18.2 Å². The minimum absolute atomic E-state index is 0.541. The van der Waals surface area contributed by atoms with Crippen LogP contribution in [-0.2, 0) is 13.1 Å². The second-order valence-corrected chi connectivity index (χ2v) is 3.78. The number of rotatable bonds is 4. The smallest absolute Gasteiger partial charge is 0.297 e. The van der Waals surface area contributed by atoms with Crippen molar-refractivity contribution in [3.05, 3.63) is 23.8 Å². The third kappa shape index (κ3) is 1.76. The van der Waals surface area contributed by atoms with E-state index in [0.29, 0.717) is 12.6 Å². The summed E-state index contributed by atoms with van der Waals surface area (Å²) in [6.45, 7) is 3.60. The predicted molar refractivity (Wildman–Crippen MR) is 64.5 cm³/mol. The van der Waals surface area contributed by atoms with Gasteiger partial charge >= 0.3 is 0 Å². The SMILES string of the molecule is CCCn1c(OC)nc2cc(CN)ccc21. The van der Waals surface area contributed by atoms with Gasteiger partial charge < -0.3 is 10.5 Å². The number of methoxy groups -OCH3 is 1. The van der Waals surface area contributed by atoms with E-state index >= 15 is 0 Å². The van der Waals surface area contributed by atoms with Crippen molar-refractivity contribution in [1.82, 2.24) is 9.55 Å². The number of aromatic nitrogens is 2. The van der Waals surface area contributed by atoms with Crippen molar-refractivity contribution in [3.63, 3.8) is 0 Å². The van der Waals surface area contributed by atoms with Crippen LogP contribution in [0.3, 0.4) is 0 Å². The molecule has 86 valence electrons. The van der Waals surface area contributed by atoms with Crippen molar-refractivity contribution in [2.75, 3.05) is 7.11 Å². The molecule has 1 aromatic heterocycles. The van der Waals surface area contributed by atoms with Crippen LogP contribution in [0.2, 0.25) is 0 Å². The highest BCUT2D eigenvalue weighted by Crippen LogP contribution is 2.22. The first-order chi connectivity index (χ1) is 7.80. The van der Waals surface area contributed by atoms with E-state index in [4.69, 9.17) is 10.5 Å². The van der Waals surface area contributed by atoms with Crippen molar-refractivity contribution >= 4 is 11.0 Å². The first kappa shape index (κ1) is 11.0. The number of benzene rings is 1. The minimum Gasteiger partial charge on any atom is -0.468 e. The van der Waals surface area contributed by atoms with Crippen LogP contribution in [-0.4, -0.2) is 16.7 Å². The topological polar surface area (TPSA) is 53.1 Å². The van der Waals surface area contributed by atoms with E-state index in [1.165, 1.54) is 0 Å². The second kappa shape index (κ2) is 4.53. The van der Waals surface area contributed by atoms with Crippen molar-refractivity contribution in [2.24, 2.45) is 5.73 Å². The second-order valence-electron chi connectivity index (χ2n) is 3.78. The summed E-state index contributed by atoms with van der Waals surface area (Å²) in [7, 11) is 1.65. The normalized spacial score (nSPS) is 10.9. The monoisotopic (exact) mass is 219 g/mol. The molecule has 0 radical (unpaired) electrons. The van der Waals surface area contributed by atoms with Gasteiger partial charge in [0, 0.05) is 13.1 Å². The Hall–Kier alpha value is -1.55. The molecule has 16 heavy (non-hydrogen) atoms. The number of aryl methyl sites for hydroxylation is 1. The lowest BCUT2D eigenvalue weighted by atomic mass is 10.2. The number of hydrogen-bond acceptors (Lipinski definition) is 3. The summed E-state index contributed by atoms with van der Waals surface area (Å²) in [4.78, 5) is 4.44. The summed E-state index contributed by atoms with van der Waals surface area (Å²) in [5.41, 5.74) is 8.76. The van der Waals surface area contributed by atoms with Crippen LogP contribution in [0.5, 0.6) is 6.01 Å². The van der Waals surface area contributed by atoms with Gasteiger partial charge in [-0.25, -0.2) is 0 Å². The molecule has 1 heterocycles. The zero-order valence-electron chi connectivity index (χ0n) is 9.73. The highest BCUT2D eigenvalue weighted by atomic mass is 16.5. The Bertz CT molecular complexity index is 490. The predicted octanol–water partition coefficient (Wildman–Crippen LogP) is 1.91. The number of fused-ring (bicyclic) bond motifs is 1. The van der Waals surface area contributed by atoms with Crippen LogP contribution in [0, 0.1) is 0 Å². The maximum absolute atomic E-state index is 5.61. The highest BCUT2D eigenvalue weighted by Gasteiger charge is 2.10. The molecule has 1 aromatic carbocycles. The lowest BCUT2D eigenvalue weighted by Gasteiger charge is -2.05. The first-order valence-corrected chi connectivity index (χ1v) is 5.53. The molecule has 4 heteroatoms. The molecule has 0 aliphatic carbocycles. The Balaban J connectivity index is 2.58. The maximum Gasteiger partial charge on any atom is 0.297 e. The van der Waals surface area contributed by atoms with Gasteiger partial charge in [0.2, 0.25) is 0 Å². The average Bonchev–Trinajstić information content (AvgIpc) is 2.67.